The summed E-state index contributed by atoms with van der Waals surface area (Å²) in [6, 6.07) is 3.22. The maximum Gasteiger partial charge on any atom is 0.362 e. The summed E-state index contributed by atoms with van der Waals surface area (Å²) in [5.74, 6) is -2.19. The van der Waals surface area contributed by atoms with Gasteiger partial charge in [0.25, 0.3) is 0 Å². The summed E-state index contributed by atoms with van der Waals surface area (Å²) >= 11 is 6.55. The lowest BCUT2D eigenvalue weighted by molar-refractivity contribution is -0.120. The minimum absolute atomic E-state index is 0.0663. The largest absolute Gasteiger partial charge is 0.461 e. The predicted molar refractivity (Wildman–Crippen MR) is 107 cm³/mol. The molecule has 1 N–H and O–H groups in total. The highest BCUT2D eigenvalue weighted by atomic mass is 35.5. The third-order valence-electron chi connectivity index (χ3n) is 4.55. The van der Waals surface area contributed by atoms with E-state index in [0.29, 0.717) is 0 Å². The van der Waals surface area contributed by atoms with Crippen molar-refractivity contribution in [2.45, 2.75) is 24.7 Å². The standard InChI is InChI=1S/C17H18ClFN4O5S2/c1-2-28-17(25)14-16(29-22-21-14)20-15(24)10-5-7-23(8-6-10)30(26,27)11-3-4-13(19)12(18)9-11/h3-4,9-10H,2,5-8H2,1H3,(H,20,24). The number of carbonyl (C=O) groups is 2. The zero-order valence-corrected chi connectivity index (χ0v) is 18.2. The van der Waals surface area contributed by atoms with E-state index in [0.717, 1.165) is 29.7 Å². The van der Waals surface area contributed by atoms with Crippen LogP contribution in [-0.2, 0) is 19.6 Å². The van der Waals surface area contributed by atoms with Crippen LogP contribution in [-0.4, -0.2) is 53.9 Å². The fourth-order valence-corrected chi connectivity index (χ4v) is 5.27. The average molecular weight is 477 g/mol. The molecule has 1 fully saturated rings. The van der Waals surface area contributed by atoms with E-state index in [1.165, 1.54) is 4.31 Å². The van der Waals surface area contributed by atoms with Gasteiger partial charge in [-0.2, -0.15) is 4.31 Å². The van der Waals surface area contributed by atoms with Crippen molar-refractivity contribution in [3.63, 3.8) is 0 Å². The Labute approximate surface area is 181 Å². The molecule has 13 heteroatoms. The molecule has 3 rings (SSSR count). The first kappa shape index (κ1) is 22.5. The van der Waals surface area contributed by atoms with Gasteiger partial charge in [-0.15, -0.1) is 5.10 Å². The van der Waals surface area contributed by atoms with E-state index < -0.39 is 27.7 Å². The topological polar surface area (TPSA) is 119 Å². The third-order valence-corrected chi connectivity index (χ3v) is 7.37. The van der Waals surface area contributed by atoms with Crippen molar-refractivity contribution in [3.8, 4) is 0 Å². The molecule has 0 spiro atoms. The first-order valence-electron chi connectivity index (χ1n) is 8.99. The van der Waals surface area contributed by atoms with Gasteiger partial charge in [0.15, 0.2) is 5.00 Å². The Hall–Kier alpha value is -2.15. The average Bonchev–Trinajstić information content (AvgIpc) is 3.18. The summed E-state index contributed by atoms with van der Waals surface area (Å²) in [5.41, 5.74) is -0.0663. The fourth-order valence-electron chi connectivity index (χ4n) is 2.96. The maximum atomic E-state index is 13.3. The Morgan fingerprint density at radius 2 is 2.07 bits per heavy atom. The minimum atomic E-state index is -3.85. The normalized spacial score (nSPS) is 15.7. The number of nitrogens with zero attached hydrogens (tertiary/aromatic N) is 3. The summed E-state index contributed by atoms with van der Waals surface area (Å²) in [4.78, 5) is 24.3. The van der Waals surface area contributed by atoms with Crippen molar-refractivity contribution < 1.29 is 27.1 Å². The van der Waals surface area contributed by atoms with E-state index in [2.05, 4.69) is 14.9 Å². The van der Waals surface area contributed by atoms with Crippen molar-refractivity contribution in [1.82, 2.24) is 13.9 Å². The first-order chi connectivity index (χ1) is 14.2. The Morgan fingerprint density at radius 1 is 1.37 bits per heavy atom. The van der Waals surface area contributed by atoms with Gasteiger partial charge < -0.3 is 10.1 Å². The lowest BCUT2D eigenvalue weighted by Crippen LogP contribution is -2.41. The van der Waals surface area contributed by atoms with Gasteiger partial charge in [0.2, 0.25) is 21.6 Å². The molecule has 0 radical (unpaired) electrons. The highest BCUT2D eigenvalue weighted by molar-refractivity contribution is 7.89. The molecule has 1 amide bonds. The number of rotatable bonds is 6. The van der Waals surface area contributed by atoms with Crippen LogP contribution in [0.15, 0.2) is 23.1 Å². The Bertz CT molecular complexity index is 1050. The Balaban J connectivity index is 1.63. The molecule has 1 aliphatic heterocycles. The number of piperidine rings is 1. The van der Waals surface area contributed by atoms with E-state index in [1.54, 1.807) is 6.92 Å². The van der Waals surface area contributed by atoms with E-state index in [1.807, 2.05) is 0 Å². The van der Waals surface area contributed by atoms with Crippen molar-refractivity contribution in [2.75, 3.05) is 25.0 Å². The molecule has 2 heterocycles. The highest BCUT2D eigenvalue weighted by Gasteiger charge is 2.33. The van der Waals surface area contributed by atoms with E-state index in [4.69, 9.17) is 16.3 Å². The van der Waals surface area contributed by atoms with Crippen LogP contribution in [0, 0.1) is 11.7 Å². The number of nitrogens with one attached hydrogen (secondary N) is 1. The SMILES string of the molecule is CCOC(=O)c1nnsc1NC(=O)C1CCN(S(=O)(=O)c2ccc(F)c(Cl)c2)CC1. The molecule has 0 unspecified atom stereocenters. The summed E-state index contributed by atoms with van der Waals surface area (Å²) in [7, 11) is -3.85. The van der Waals surface area contributed by atoms with Crippen LogP contribution in [0.1, 0.15) is 30.3 Å². The van der Waals surface area contributed by atoms with E-state index in [-0.39, 0.29) is 59.1 Å². The van der Waals surface area contributed by atoms with E-state index in [9.17, 15) is 22.4 Å². The van der Waals surface area contributed by atoms with Gasteiger partial charge in [-0.3, -0.25) is 4.79 Å². The van der Waals surface area contributed by atoms with Gasteiger partial charge in [-0.1, -0.05) is 16.1 Å². The van der Waals surface area contributed by atoms with Crippen LogP contribution in [0.5, 0.6) is 0 Å². The van der Waals surface area contributed by atoms with Crippen LogP contribution < -0.4 is 5.32 Å². The summed E-state index contributed by atoms with van der Waals surface area (Å²) in [5, 5.41) is 6.22. The second-order valence-electron chi connectivity index (χ2n) is 6.41. The van der Waals surface area contributed by atoms with Crippen molar-refractivity contribution in [2.24, 2.45) is 5.92 Å². The van der Waals surface area contributed by atoms with Crippen molar-refractivity contribution in [3.05, 3.63) is 34.7 Å². The number of sulfonamides is 1. The van der Waals surface area contributed by atoms with Crippen LogP contribution >= 0.6 is 23.1 Å². The number of anilines is 1. The number of esters is 1. The minimum Gasteiger partial charge on any atom is -0.461 e. The number of benzene rings is 1. The lowest BCUT2D eigenvalue weighted by Gasteiger charge is -2.30. The molecular formula is C17H18ClFN4O5S2. The number of hydrogen-bond donors (Lipinski definition) is 1. The van der Waals surface area contributed by atoms with Gasteiger partial charge in [-0.25, -0.2) is 17.6 Å². The molecular weight excluding hydrogens is 459 g/mol. The second-order valence-corrected chi connectivity index (χ2v) is 9.51. The molecule has 0 aliphatic carbocycles. The molecule has 1 aromatic heterocycles. The number of halogens is 2. The summed E-state index contributed by atoms with van der Waals surface area (Å²) in [6.07, 6.45) is 0.557. The summed E-state index contributed by atoms with van der Waals surface area (Å²) < 4.78 is 48.6. The van der Waals surface area contributed by atoms with Gasteiger partial charge in [0, 0.05) is 30.5 Å². The number of amides is 1. The smallest absolute Gasteiger partial charge is 0.362 e. The van der Waals surface area contributed by atoms with Crippen LogP contribution in [0.2, 0.25) is 5.02 Å². The van der Waals surface area contributed by atoms with E-state index >= 15 is 0 Å². The van der Waals surface area contributed by atoms with Gasteiger partial charge >= 0.3 is 5.97 Å². The molecule has 1 aromatic carbocycles. The molecule has 2 aromatic rings. The van der Waals surface area contributed by atoms with Gasteiger partial charge in [0.05, 0.1) is 16.5 Å². The van der Waals surface area contributed by atoms with Crippen molar-refractivity contribution >= 4 is 50.0 Å². The quantitative estimate of drug-likeness (QED) is 0.636. The maximum absolute atomic E-state index is 13.3. The zero-order chi connectivity index (χ0) is 21.9. The molecule has 0 saturated carbocycles. The van der Waals surface area contributed by atoms with Crippen LogP contribution in [0.25, 0.3) is 0 Å². The van der Waals surface area contributed by atoms with Crippen molar-refractivity contribution in [1.29, 1.82) is 0 Å². The predicted octanol–water partition coefficient (Wildman–Crippen LogP) is 2.55. The number of ether oxygens (including phenoxy) is 1. The lowest BCUT2D eigenvalue weighted by atomic mass is 9.97. The molecule has 0 atom stereocenters. The molecule has 162 valence electrons. The summed E-state index contributed by atoms with van der Waals surface area (Å²) in [6.45, 7) is 2.04. The monoisotopic (exact) mass is 476 g/mol. The fraction of sp³-hybridized carbons (Fsp3) is 0.412. The molecule has 0 bridgehead atoms. The number of aromatic nitrogens is 2. The second kappa shape index (κ2) is 9.33. The zero-order valence-electron chi connectivity index (χ0n) is 15.8. The highest BCUT2D eigenvalue weighted by Crippen LogP contribution is 2.28. The number of carbonyl (C=O) groups excluding carboxylic acids is 2. The Kier molecular flexibility index (Phi) is 7.01. The molecule has 9 nitrogen and oxygen atoms in total. The van der Waals surface area contributed by atoms with Crippen LogP contribution in [0.3, 0.4) is 0 Å². The first-order valence-corrected chi connectivity index (χ1v) is 11.6. The molecule has 30 heavy (non-hydrogen) atoms. The third kappa shape index (κ3) is 4.77. The Morgan fingerprint density at radius 3 is 2.70 bits per heavy atom. The van der Waals surface area contributed by atoms with Crippen LogP contribution in [0.4, 0.5) is 9.39 Å². The molecule has 1 aliphatic rings. The van der Waals surface area contributed by atoms with Gasteiger partial charge in [-0.05, 0) is 38.0 Å². The number of hydrogen-bond acceptors (Lipinski definition) is 8. The van der Waals surface area contributed by atoms with Gasteiger partial charge in [0.1, 0.15) is 5.82 Å². The molecule has 1 saturated heterocycles.